The highest BCUT2D eigenvalue weighted by Crippen LogP contribution is 2.28. The molecule has 1 fully saturated rings. The van der Waals surface area contributed by atoms with Crippen molar-refractivity contribution >= 4 is 5.97 Å². The van der Waals surface area contributed by atoms with Gasteiger partial charge in [-0.2, -0.15) is 0 Å². The Morgan fingerprint density at radius 3 is 2.74 bits per heavy atom. The summed E-state index contributed by atoms with van der Waals surface area (Å²) in [5.41, 5.74) is 2.97. The van der Waals surface area contributed by atoms with Gasteiger partial charge in [0.15, 0.2) is 6.61 Å². The molecule has 1 N–H and O–H groups in total. The highest BCUT2D eigenvalue weighted by atomic mass is 16.5. The van der Waals surface area contributed by atoms with E-state index in [0.29, 0.717) is 12.3 Å². The number of benzene rings is 1. The molecule has 0 amide bonds. The largest absolute Gasteiger partial charge is 0.482 e. The summed E-state index contributed by atoms with van der Waals surface area (Å²) in [4.78, 5) is 20.1. The maximum Gasteiger partial charge on any atom is 0.341 e. The van der Waals surface area contributed by atoms with E-state index in [1.807, 2.05) is 30.3 Å². The van der Waals surface area contributed by atoms with Gasteiger partial charge in [-0.1, -0.05) is 6.07 Å². The Balaban J connectivity index is 1.86. The molecule has 0 aliphatic carbocycles. The van der Waals surface area contributed by atoms with Gasteiger partial charge in [-0.05, 0) is 51.2 Å². The summed E-state index contributed by atoms with van der Waals surface area (Å²) >= 11 is 0. The van der Waals surface area contributed by atoms with Crippen molar-refractivity contribution in [3.8, 4) is 17.0 Å². The van der Waals surface area contributed by atoms with Crippen LogP contribution in [0.3, 0.4) is 0 Å². The van der Waals surface area contributed by atoms with E-state index in [2.05, 4.69) is 41.7 Å². The van der Waals surface area contributed by atoms with Gasteiger partial charge in [0, 0.05) is 49.0 Å². The summed E-state index contributed by atoms with van der Waals surface area (Å²) in [6, 6.07) is 11.7. The molecule has 144 valence electrons. The molecule has 1 aliphatic heterocycles. The molecule has 0 saturated carbocycles. The second-order valence-electron chi connectivity index (χ2n) is 7.66. The van der Waals surface area contributed by atoms with E-state index in [9.17, 15) is 4.79 Å². The SMILES string of the molecule is CN1CCN(Cc2cc(-c3ccccn3)ccc2OCC(=O)O)CC1(C)C. The second kappa shape index (κ2) is 8.06. The van der Waals surface area contributed by atoms with E-state index in [-0.39, 0.29) is 12.1 Å². The molecule has 3 rings (SSSR count). The molecule has 1 aliphatic rings. The molecule has 1 saturated heterocycles. The predicted octanol–water partition coefficient (Wildman–Crippen LogP) is 2.74. The first kappa shape index (κ1) is 19.3. The van der Waals surface area contributed by atoms with Crippen LogP contribution in [0.4, 0.5) is 0 Å². The van der Waals surface area contributed by atoms with Crippen molar-refractivity contribution in [2.75, 3.05) is 33.3 Å². The number of aromatic nitrogens is 1. The van der Waals surface area contributed by atoms with E-state index >= 15 is 0 Å². The third kappa shape index (κ3) is 4.84. The van der Waals surface area contributed by atoms with E-state index in [4.69, 9.17) is 9.84 Å². The Morgan fingerprint density at radius 1 is 1.26 bits per heavy atom. The van der Waals surface area contributed by atoms with Crippen LogP contribution in [0.2, 0.25) is 0 Å². The van der Waals surface area contributed by atoms with Gasteiger partial charge in [0.25, 0.3) is 0 Å². The van der Waals surface area contributed by atoms with Gasteiger partial charge in [-0.15, -0.1) is 0 Å². The Morgan fingerprint density at radius 2 is 2.07 bits per heavy atom. The molecule has 0 bridgehead atoms. The number of carbonyl (C=O) groups is 1. The standard InChI is InChI=1S/C21H27N3O3/c1-21(2)15-24(11-10-23(21)3)13-17-12-16(18-6-4-5-9-22-18)7-8-19(17)27-14-20(25)26/h4-9,12H,10-11,13-15H2,1-3H3,(H,25,26). The molecule has 6 nitrogen and oxygen atoms in total. The molecule has 2 aromatic rings. The van der Waals surface area contributed by atoms with Gasteiger partial charge in [-0.3, -0.25) is 14.8 Å². The zero-order chi connectivity index (χ0) is 19.4. The topological polar surface area (TPSA) is 65.9 Å². The van der Waals surface area contributed by atoms with Gasteiger partial charge >= 0.3 is 5.97 Å². The van der Waals surface area contributed by atoms with Crippen molar-refractivity contribution in [1.29, 1.82) is 0 Å². The number of rotatable bonds is 6. The normalized spacial score (nSPS) is 17.6. The van der Waals surface area contributed by atoms with Crippen LogP contribution in [0.25, 0.3) is 11.3 Å². The summed E-state index contributed by atoms with van der Waals surface area (Å²) < 4.78 is 5.55. The van der Waals surface area contributed by atoms with E-state index in [1.165, 1.54) is 0 Å². The lowest BCUT2D eigenvalue weighted by molar-refractivity contribution is -0.139. The molecule has 0 radical (unpaired) electrons. The first-order valence-electron chi connectivity index (χ1n) is 9.18. The Hall–Kier alpha value is -2.44. The minimum atomic E-state index is -0.976. The number of likely N-dealkylation sites (N-methyl/N-ethyl adjacent to an activating group) is 1. The number of hydrogen-bond donors (Lipinski definition) is 1. The lowest BCUT2D eigenvalue weighted by Crippen LogP contribution is -2.57. The number of nitrogens with zero attached hydrogens (tertiary/aromatic N) is 3. The van der Waals surface area contributed by atoms with Gasteiger partial charge in [0.2, 0.25) is 0 Å². The summed E-state index contributed by atoms with van der Waals surface area (Å²) in [7, 11) is 2.15. The van der Waals surface area contributed by atoms with Crippen molar-refractivity contribution in [3.63, 3.8) is 0 Å². The molecule has 1 aromatic heterocycles. The average molecular weight is 369 g/mol. The summed E-state index contributed by atoms with van der Waals surface area (Å²) in [5, 5.41) is 8.97. The Kier molecular flexibility index (Phi) is 5.77. The smallest absolute Gasteiger partial charge is 0.341 e. The van der Waals surface area contributed by atoms with Crippen LogP contribution in [0, 0.1) is 0 Å². The first-order valence-corrected chi connectivity index (χ1v) is 9.18. The molecule has 6 heteroatoms. The number of aliphatic carboxylic acids is 1. The Labute approximate surface area is 160 Å². The molecular formula is C21H27N3O3. The molecule has 0 unspecified atom stereocenters. The van der Waals surface area contributed by atoms with E-state index < -0.39 is 5.97 Å². The van der Waals surface area contributed by atoms with Gasteiger partial charge in [-0.25, -0.2) is 4.79 Å². The Bertz CT molecular complexity index is 793. The van der Waals surface area contributed by atoms with Crippen LogP contribution in [0.15, 0.2) is 42.6 Å². The van der Waals surface area contributed by atoms with Crippen molar-refractivity contribution in [3.05, 3.63) is 48.2 Å². The number of hydrogen-bond acceptors (Lipinski definition) is 5. The van der Waals surface area contributed by atoms with Crippen molar-refractivity contribution in [1.82, 2.24) is 14.8 Å². The lowest BCUT2D eigenvalue weighted by atomic mass is 9.98. The van der Waals surface area contributed by atoms with Crippen molar-refractivity contribution in [2.24, 2.45) is 0 Å². The number of carboxylic acids is 1. The molecule has 27 heavy (non-hydrogen) atoms. The number of piperazine rings is 1. The van der Waals surface area contributed by atoms with Gasteiger partial charge in [0.1, 0.15) is 5.75 Å². The monoisotopic (exact) mass is 369 g/mol. The molecule has 0 spiro atoms. The second-order valence-corrected chi connectivity index (χ2v) is 7.66. The van der Waals surface area contributed by atoms with Gasteiger partial charge < -0.3 is 9.84 Å². The summed E-state index contributed by atoms with van der Waals surface area (Å²) in [5.74, 6) is -0.357. The van der Waals surface area contributed by atoms with Crippen LogP contribution in [-0.2, 0) is 11.3 Å². The lowest BCUT2D eigenvalue weighted by Gasteiger charge is -2.45. The predicted molar refractivity (Wildman–Crippen MR) is 105 cm³/mol. The maximum atomic E-state index is 10.9. The zero-order valence-electron chi connectivity index (χ0n) is 16.2. The van der Waals surface area contributed by atoms with Crippen LogP contribution in [0.1, 0.15) is 19.4 Å². The molecule has 2 heterocycles. The molecule has 0 atom stereocenters. The van der Waals surface area contributed by atoms with Crippen molar-refractivity contribution in [2.45, 2.75) is 25.9 Å². The third-order valence-corrected chi connectivity index (χ3v) is 5.16. The van der Waals surface area contributed by atoms with Gasteiger partial charge in [0.05, 0.1) is 5.69 Å². The fraction of sp³-hybridized carbons (Fsp3) is 0.429. The maximum absolute atomic E-state index is 10.9. The van der Waals surface area contributed by atoms with Crippen LogP contribution in [-0.4, -0.2) is 64.7 Å². The fourth-order valence-corrected chi connectivity index (χ4v) is 3.39. The minimum absolute atomic E-state index is 0.0962. The zero-order valence-corrected chi connectivity index (χ0v) is 16.2. The minimum Gasteiger partial charge on any atom is -0.482 e. The molecular weight excluding hydrogens is 342 g/mol. The first-order chi connectivity index (χ1) is 12.8. The van der Waals surface area contributed by atoms with Crippen LogP contribution in [0.5, 0.6) is 5.75 Å². The van der Waals surface area contributed by atoms with Crippen molar-refractivity contribution < 1.29 is 14.6 Å². The van der Waals surface area contributed by atoms with Crippen LogP contribution >= 0.6 is 0 Å². The van der Waals surface area contributed by atoms with E-state index in [1.54, 1.807) is 6.20 Å². The highest BCUT2D eigenvalue weighted by molar-refractivity contribution is 5.69. The van der Waals surface area contributed by atoms with Crippen LogP contribution < -0.4 is 4.74 Å². The highest BCUT2D eigenvalue weighted by Gasteiger charge is 2.31. The number of carboxylic acid groups (broad SMARTS) is 1. The number of ether oxygens (including phenoxy) is 1. The fourth-order valence-electron chi connectivity index (χ4n) is 3.39. The average Bonchev–Trinajstić information content (AvgIpc) is 2.64. The molecule has 1 aromatic carbocycles. The summed E-state index contributed by atoms with van der Waals surface area (Å²) in [6.07, 6.45) is 1.77. The quantitative estimate of drug-likeness (QED) is 0.845. The summed E-state index contributed by atoms with van der Waals surface area (Å²) in [6.45, 7) is 7.76. The van der Waals surface area contributed by atoms with E-state index in [0.717, 1.165) is 36.5 Å². The third-order valence-electron chi connectivity index (χ3n) is 5.16. The number of pyridine rings is 1.